The molecule has 5 heteroatoms. The van der Waals surface area contributed by atoms with Crippen LogP contribution in [0, 0.1) is 0 Å². The van der Waals surface area contributed by atoms with Crippen molar-refractivity contribution in [1.29, 1.82) is 0 Å². The van der Waals surface area contributed by atoms with Crippen LogP contribution in [-0.2, 0) is 14.3 Å². The van der Waals surface area contributed by atoms with Gasteiger partial charge < -0.3 is 15.4 Å². The highest BCUT2D eigenvalue weighted by Crippen LogP contribution is 2.04. The zero-order chi connectivity index (χ0) is 10.6. The minimum absolute atomic E-state index is 0.125. The number of carbonyl (C=O) groups excluding carboxylic acids is 2. The van der Waals surface area contributed by atoms with Gasteiger partial charge in [-0.1, -0.05) is 0 Å². The number of carbonyl (C=O) groups is 2. The number of hydrogen-bond acceptors (Lipinski definition) is 4. The van der Waals surface area contributed by atoms with Gasteiger partial charge in [0.2, 0.25) is 5.91 Å². The van der Waals surface area contributed by atoms with Crippen LogP contribution in [0.25, 0.3) is 0 Å². The summed E-state index contributed by atoms with van der Waals surface area (Å²) in [4.78, 5) is 22.5. The molecule has 1 heterocycles. The highest BCUT2D eigenvalue weighted by Gasteiger charge is 2.25. The summed E-state index contributed by atoms with van der Waals surface area (Å²) in [7, 11) is 1.30. The van der Waals surface area contributed by atoms with Crippen LogP contribution in [0.1, 0.15) is 19.8 Å². The molecular weight excluding hydrogens is 184 g/mol. The fourth-order valence-corrected chi connectivity index (χ4v) is 1.46. The number of hydrogen-bond donors (Lipinski definition) is 2. The van der Waals surface area contributed by atoms with Crippen molar-refractivity contribution in [2.75, 3.05) is 13.7 Å². The van der Waals surface area contributed by atoms with Crippen LogP contribution in [0.3, 0.4) is 0 Å². The fraction of sp³-hybridized carbons (Fsp3) is 0.778. The first-order chi connectivity index (χ1) is 6.65. The lowest BCUT2D eigenvalue weighted by molar-refractivity contribution is -0.144. The molecule has 0 bridgehead atoms. The van der Waals surface area contributed by atoms with Crippen molar-refractivity contribution < 1.29 is 14.3 Å². The fourth-order valence-electron chi connectivity index (χ4n) is 1.46. The highest BCUT2D eigenvalue weighted by atomic mass is 16.5. The van der Waals surface area contributed by atoms with Gasteiger partial charge in [0.05, 0.1) is 13.2 Å². The van der Waals surface area contributed by atoms with Crippen LogP contribution < -0.4 is 10.6 Å². The van der Waals surface area contributed by atoms with Crippen molar-refractivity contribution in [1.82, 2.24) is 10.6 Å². The van der Waals surface area contributed by atoms with Crippen LogP contribution in [0.2, 0.25) is 0 Å². The molecule has 2 N–H and O–H groups in total. The van der Waals surface area contributed by atoms with E-state index in [0.29, 0.717) is 0 Å². The maximum Gasteiger partial charge on any atom is 0.328 e. The number of esters is 1. The summed E-state index contributed by atoms with van der Waals surface area (Å²) in [5.74, 6) is -0.545. The summed E-state index contributed by atoms with van der Waals surface area (Å²) in [6.45, 7) is 2.48. The van der Waals surface area contributed by atoms with Gasteiger partial charge in [-0.05, 0) is 26.3 Å². The van der Waals surface area contributed by atoms with Gasteiger partial charge in [0.25, 0.3) is 0 Å². The number of methoxy groups -OCH3 is 1. The molecule has 1 fully saturated rings. The average molecular weight is 200 g/mol. The van der Waals surface area contributed by atoms with E-state index in [2.05, 4.69) is 15.4 Å². The molecule has 1 aliphatic heterocycles. The van der Waals surface area contributed by atoms with E-state index < -0.39 is 12.0 Å². The van der Waals surface area contributed by atoms with Gasteiger partial charge in [0.15, 0.2) is 0 Å². The second kappa shape index (κ2) is 4.95. The minimum atomic E-state index is -0.574. The normalized spacial score (nSPS) is 22.9. The van der Waals surface area contributed by atoms with Gasteiger partial charge in [0, 0.05) is 0 Å². The molecule has 1 aliphatic rings. The second-order valence-corrected chi connectivity index (χ2v) is 3.40. The Kier molecular flexibility index (Phi) is 3.88. The third kappa shape index (κ3) is 2.70. The van der Waals surface area contributed by atoms with E-state index in [1.807, 2.05) is 0 Å². The zero-order valence-electron chi connectivity index (χ0n) is 8.50. The van der Waals surface area contributed by atoms with E-state index >= 15 is 0 Å². The van der Waals surface area contributed by atoms with Crippen LogP contribution in [0.15, 0.2) is 0 Å². The molecule has 0 saturated carbocycles. The third-order valence-electron chi connectivity index (χ3n) is 2.29. The molecule has 0 aliphatic carbocycles. The van der Waals surface area contributed by atoms with Crippen molar-refractivity contribution >= 4 is 11.9 Å². The lowest BCUT2D eigenvalue weighted by atomic mass is 10.2. The Morgan fingerprint density at radius 2 is 2.29 bits per heavy atom. The molecule has 80 valence electrons. The van der Waals surface area contributed by atoms with Gasteiger partial charge in [-0.2, -0.15) is 0 Å². The standard InChI is InChI=1S/C9H16N2O3/c1-6(9(13)14-2)11-8(12)7-4-3-5-10-7/h6-7,10H,3-5H2,1-2H3,(H,11,12). The van der Waals surface area contributed by atoms with Crippen LogP contribution >= 0.6 is 0 Å². The Labute approximate surface area is 83.2 Å². The topological polar surface area (TPSA) is 67.4 Å². The lowest BCUT2D eigenvalue weighted by Crippen LogP contribution is -2.47. The van der Waals surface area contributed by atoms with E-state index in [9.17, 15) is 9.59 Å². The van der Waals surface area contributed by atoms with Crippen molar-refractivity contribution in [2.24, 2.45) is 0 Å². The monoisotopic (exact) mass is 200 g/mol. The second-order valence-electron chi connectivity index (χ2n) is 3.40. The molecule has 14 heavy (non-hydrogen) atoms. The Hall–Kier alpha value is -1.10. The number of rotatable bonds is 3. The zero-order valence-corrected chi connectivity index (χ0v) is 8.50. The van der Waals surface area contributed by atoms with Gasteiger partial charge in [-0.25, -0.2) is 4.79 Å². The lowest BCUT2D eigenvalue weighted by Gasteiger charge is -2.15. The van der Waals surface area contributed by atoms with Gasteiger partial charge in [0.1, 0.15) is 6.04 Å². The predicted molar refractivity (Wildman–Crippen MR) is 50.6 cm³/mol. The average Bonchev–Trinajstić information content (AvgIpc) is 2.69. The van der Waals surface area contributed by atoms with Crippen molar-refractivity contribution in [3.05, 3.63) is 0 Å². The van der Waals surface area contributed by atoms with E-state index in [1.165, 1.54) is 7.11 Å². The van der Waals surface area contributed by atoms with Crippen LogP contribution in [-0.4, -0.2) is 37.6 Å². The molecular formula is C9H16N2O3. The van der Waals surface area contributed by atoms with Crippen LogP contribution in [0.5, 0.6) is 0 Å². The van der Waals surface area contributed by atoms with Gasteiger partial charge in [-0.15, -0.1) is 0 Å². The summed E-state index contributed by atoms with van der Waals surface area (Å²) in [5.41, 5.74) is 0. The summed E-state index contributed by atoms with van der Waals surface area (Å²) in [6, 6.07) is -0.725. The van der Waals surface area contributed by atoms with Crippen molar-refractivity contribution in [3.8, 4) is 0 Å². The molecule has 0 aromatic carbocycles. The Bertz CT molecular complexity index is 224. The summed E-state index contributed by atoms with van der Waals surface area (Å²) < 4.78 is 4.50. The van der Waals surface area contributed by atoms with Crippen molar-refractivity contribution in [2.45, 2.75) is 31.8 Å². The number of amides is 1. The van der Waals surface area contributed by atoms with E-state index in [-0.39, 0.29) is 11.9 Å². The molecule has 2 unspecified atom stereocenters. The van der Waals surface area contributed by atoms with E-state index in [4.69, 9.17) is 0 Å². The number of nitrogens with one attached hydrogen (secondary N) is 2. The molecule has 0 radical (unpaired) electrons. The quantitative estimate of drug-likeness (QED) is 0.598. The Balaban J connectivity index is 2.35. The maximum atomic E-state index is 11.5. The Morgan fingerprint density at radius 1 is 1.57 bits per heavy atom. The predicted octanol–water partition coefficient (Wildman–Crippen LogP) is -0.584. The SMILES string of the molecule is COC(=O)C(C)NC(=O)C1CCCN1. The molecule has 1 rings (SSSR count). The molecule has 1 saturated heterocycles. The number of ether oxygens (including phenoxy) is 1. The highest BCUT2D eigenvalue weighted by molar-refractivity contribution is 5.87. The maximum absolute atomic E-state index is 11.5. The first kappa shape index (κ1) is 11.0. The summed E-state index contributed by atoms with van der Waals surface area (Å²) in [6.07, 6.45) is 1.84. The molecule has 0 aromatic rings. The molecule has 2 atom stereocenters. The molecule has 0 spiro atoms. The third-order valence-corrected chi connectivity index (χ3v) is 2.29. The molecule has 5 nitrogen and oxygen atoms in total. The summed E-state index contributed by atoms with van der Waals surface area (Å²) in [5, 5.41) is 5.65. The van der Waals surface area contributed by atoms with Crippen molar-refractivity contribution in [3.63, 3.8) is 0 Å². The van der Waals surface area contributed by atoms with Crippen LogP contribution in [0.4, 0.5) is 0 Å². The van der Waals surface area contributed by atoms with E-state index in [0.717, 1.165) is 19.4 Å². The smallest absolute Gasteiger partial charge is 0.328 e. The first-order valence-electron chi connectivity index (χ1n) is 4.76. The molecule has 1 amide bonds. The van der Waals surface area contributed by atoms with Gasteiger partial charge >= 0.3 is 5.97 Å². The molecule has 0 aromatic heterocycles. The minimum Gasteiger partial charge on any atom is -0.467 e. The first-order valence-corrected chi connectivity index (χ1v) is 4.76. The Morgan fingerprint density at radius 3 is 2.79 bits per heavy atom. The summed E-state index contributed by atoms with van der Waals surface area (Å²) >= 11 is 0. The van der Waals surface area contributed by atoms with Gasteiger partial charge in [-0.3, -0.25) is 4.79 Å². The van der Waals surface area contributed by atoms with E-state index in [1.54, 1.807) is 6.92 Å². The largest absolute Gasteiger partial charge is 0.467 e.